The lowest BCUT2D eigenvalue weighted by Gasteiger charge is -2.08. The van der Waals surface area contributed by atoms with Crippen molar-refractivity contribution in [3.05, 3.63) is 59.7 Å². The highest BCUT2D eigenvalue weighted by Crippen LogP contribution is 2.15. The van der Waals surface area contributed by atoms with Crippen molar-refractivity contribution < 1.29 is 19.1 Å². The van der Waals surface area contributed by atoms with Crippen LogP contribution in [0.2, 0.25) is 0 Å². The number of esters is 2. The number of ether oxygens (including phenoxy) is 2. The molecule has 132 valence electrons. The topological polar surface area (TPSA) is 105 Å². The van der Waals surface area contributed by atoms with Gasteiger partial charge in [0.25, 0.3) is 0 Å². The molecule has 4 N–H and O–H groups in total. The molecule has 1 fully saturated rings. The maximum Gasteiger partial charge on any atom is 0.340 e. The van der Waals surface area contributed by atoms with Gasteiger partial charge in [-0.25, -0.2) is 9.59 Å². The number of hydrogen-bond donors (Lipinski definition) is 2. The molecule has 1 saturated carbocycles. The minimum absolute atomic E-state index is 0.0638. The molecule has 1 aliphatic rings. The average Bonchev–Trinajstić information content (AvgIpc) is 3.48. The molecule has 6 heteroatoms. The number of nitrogen functional groups attached to an aromatic ring is 2. The summed E-state index contributed by atoms with van der Waals surface area (Å²) >= 11 is 0. The van der Waals surface area contributed by atoms with Gasteiger partial charge in [-0.2, -0.15) is 0 Å². The SMILES string of the molecule is C1CC1.Nc1ccccc1C(=O)OCCOC(=O)c1ccccc1N. The van der Waals surface area contributed by atoms with Crippen molar-refractivity contribution in [2.75, 3.05) is 24.7 Å². The van der Waals surface area contributed by atoms with E-state index in [0.29, 0.717) is 11.4 Å². The summed E-state index contributed by atoms with van der Waals surface area (Å²) in [5, 5.41) is 0. The number of hydrogen-bond acceptors (Lipinski definition) is 6. The van der Waals surface area contributed by atoms with Crippen molar-refractivity contribution in [3.8, 4) is 0 Å². The normalized spacial score (nSPS) is 11.7. The molecule has 2 aromatic carbocycles. The van der Waals surface area contributed by atoms with Crippen LogP contribution in [0.25, 0.3) is 0 Å². The van der Waals surface area contributed by atoms with Gasteiger partial charge in [-0.3, -0.25) is 0 Å². The first kappa shape index (κ1) is 18.3. The zero-order valence-corrected chi connectivity index (χ0v) is 13.9. The predicted octanol–water partition coefficient (Wildman–Crippen LogP) is 3.04. The fourth-order valence-corrected chi connectivity index (χ4v) is 1.79. The standard InChI is InChI=1S/C16H16N2O4.C3H6/c17-13-7-3-1-5-11(13)15(19)21-9-10-22-16(20)12-6-2-4-8-14(12)18;1-2-3-1/h1-8H,9-10,17-18H2;1-3H2. The zero-order valence-electron chi connectivity index (χ0n) is 13.9. The van der Waals surface area contributed by atoms with Gasteiger partial charge in [-0.15, -0.1) is 0 Å². The van der Waals surface area contributed by atoms with Crippen molar-refractivity contribution >= 4 is 23.3 Å². The summed E-state index contributed by atoms with van der Waals surface area (Å²) in [7, 11) is 0. The van der Waals surface area contributed by atoms with Crippen LogP contribution in [0, 0.1) is 0 Å². The first-order valence-corrected chi connectivity index (χ1v) is 8.13. The van der Waals surface area contributed by atoms with E-state index in [-0.39, 0.29) is 24.3 Å². The van der Waals surface area contributed by atoms with Crippen LogP contribution in [0.5, 0.6) is 0 Å². The minimum atomic E-state index is -0.562. The second kappa shape index (κ2) is 9.32. The molecule has 0 aromatic heterocycles. The highest BCUT2D eigenvalue weighted by Gasteiger charge is 2.12. The Labute approximate surface area is 146 Å². The number of para-hydroxylation sites is 2. The highest BCUT2D eigenvalue weighted by atomic mass is 16.6. The van der Waals surface area contributed by atoms with Crippen LogP contribution in [-0.4, -0.2) is 25.2 Å². The van der Waals surface area contributed by atoms with E-state index in [9.17, 15) is 9.59 Å². The van der Waals surface area contributed by atoms with E-state index in [1.165, 1.54) is 19.3 Å². The summed E-state index contributed by atoms with van der Waals surface area (Å²) in [6.45, 7) is -0.128. The van der Waals surface area contributed by atoms with Crippen LogP contribution in [0.3, 0.4) is 0 Å². The number of anilines is 2. The molecule has 0 heterocycles. The molecule has 0 aliphatic heterocycles. The van der Waals surface area contributed by atoms with Gasteiger partial charge in [-0.1, -0.05) is 43.5 Å². The maximum atomic E-state index is 11.8. The Kier molecular flexibility index (Phi) is 6.83. The number of carbonyl (C=O) groups excluding carboxylic acids is 2. The monoisotopic (exact) mass is 342 g/mol. The molecule has 6 nitrogen and oxygen atoms in total. The van der Waals surface area contributed by atoms with Gasteiger partial charge in [0.15, 0.2) is 0 Å². The van der Waals surface area contributed by atoms with E-state index in [4.69, 9.17) is 20.9 Å². The van der Waals surface area contributed by atoms with Crippen molar-refractivity contribution in [1.29, 1.82) is 0 Å². The van der Waals surface area contributed by atoms with Gasteiger partial charge in [0.2, 0.25) is 0 Å². The zero-order chi connectivity index (χ0) is 18.1. The van der Waals surface area contributed by atoms with E-state index in [2.05, 4.69) is 0 Å². The lowest BCUT2D eigenvalue weighted by Crippen LogP contribution is -2.15. The first-order valence-electron chi connectivity index (χ1n) is 8.13. The summed E-state index contributed by atoms with van der Waals surface area (Å²) in [6, 6.07) is 13.2. The molecular weight excluding hydrogens is 320 g/mol. The summed E-state index contributed by atoms with van der Waals surface area (Å²) in [6.07, 6.45) is 4.50. The van der Waals surface area contributed by atoms with Crippen LogP contribution in [0.1, 0.15) is 40.0 Å². The van der Waals surface area contributed by atoms with Crippen molar-refractivity contribution in [1.82, 2.24) is 0 Å². The number of carbonyl (C=O) groups is 2. The van der Waals surface area contributed by atoms with E-state index in [0.717, 1.165) is 0 Å². The second-order valence-electron chi connectivity index (χ2n) is 5.51. The third-order valence-corrected chi connectivity index (χ3v) is 3.26. The Morgan fingerprint density at radius 3 is 1.40 bits per heavy atom. The largest absolute Gasteiger partial charge is 0.458 e. The molecule has 0 saturated heterocycles. The van der Waals surface area contributed by atoms with Gasteiger partial charge in [-0.05, 0) is 24.3 Å². The van der Waals surface area contributed by atoms with Crippen LogP contribution in [0.15, 0.2) is 48.5 Å². The van der Waals surface area contributed by atoms with Gasteiger partial charge >= 0.3 is 11.9 Å². The summed E-state index contributed by atoms with van der Waals surface area (Å²) in [4.78, 5) is 23.5. The van der Waals surface area contributed by atoms with Crippen LogP contribution in [-0.2, 0) is 9.47 Å². The molecule has 0 unspecified atom stereocenters. The van der Waals surface area contributed by atoms with Crippen LogP contribution >= 0.6 is 0 Å². The Morgan fingerprint density at radius 2 is 1.08 bits per heavy atom. The van der Waals surface area contributed by atoms with E-state index in [1.54, 1.807) is 48.5 Å². The van der Waals surface area contributed by atoms with Crippen molar-refractivity contribution in [2.45, 2.75) is 19.3 Å². The van der Waals surface area contributed by atoms with Gasteiger partial charge in [0, 0.05) is 11.4 Å². The minimum Gasteiger partial charge on any atom is -0.458 e. The van der Waals surface area contributed by atoms with Crippen molar-refractivity contribution in [2.24, 2.45) is 0 Å². The fourth-order valence-electron chi connectivity index (χ4n) is 1.79. The molecule has 0 atom stereocenters. The summed E-state index contributed by atoms with van der Waals surface area (Å²) in [5.74, 6) is -1.12. The third-order valence-electron chi connectivity index (χ3n) is 3.26. The molecule has 2 aromatic rings. The number of nitrogens with two attached hydrogens (primary N) is 2. The molecular formula is C19H22N2O4. The quantitative estimate of drug-likeness (QED) is 0.491. The van der Waals surface area contributed by atoms with E-state index in [1.807, 2.05) is 0 Å². The average molecular weight is 342 g/mol. The van der Waals surface area contributed by atoms with Crippen LogP contribution in [0.4, 0.5) is 11.4 Å². The van der Waals surface area contributed by atoms with Crippen molar-refractivity contribution in [3.63, 3.8) is 0 Å². The van der Waals surface area contributed by atoms with E-state index < -0.39 is 11.9 Å². The molecule has 1 aliphatic carbocycles. The van der Waals surface area contributed by atoms with Gasteiger partial charge in [0.05, 0.1) is 11.1 Å². The smallest absolute Gasteiger partial charge is 0.340 e. The summed E-state index contributed by atoms with van der Waals surface area (Å²) in [5.41, 5.74) is 12.6. The molecule has 0 bridgehead atoms. The Balaban J connectivity index is 0.000000676. The molecule has 0 radical (unpaired) electrons. The maximum absolute atomic E-state index is 11.8. The lowest BCUT2D eigenvalue weighted by atomic mass is 10.2. The summed E-state index contributed by atoms with van der Waals surface area (Å²) < 4.78 is 10.00. The number of rotatable bonds is 5. The van der Waals surface area contributed by atoms with Crippen LogP contribution < -0.4 is 11.5 Å². The molecule has 0 amide bonds. The molecule has 3 rings (SSSR count). The highest BCUT2D eigenvalue weighted by molar-refractivity contribution is 5.95. The van der Waals surface area contributed by atoms with E-state index >= 15 is 0 Å². The lowest BCUT2D eigenvalue weighted by molar-refractivity contribution is 0.0267. The first-order chi connectivity index (χ1) is 12.1. The predicted molar refractivity (Wildman–Crippen MR) is 96.1 cm³/mol. The Morgan fingerprint density at radius 1 is 0.720 bits per heavy atom. The third kappa shape index (κ3) is 6.18. The Hall–Kier alpha value is -3.02. The Bertz CT molecular complexity index is 667. The second-order valence-corrected chi connectivity index (χ2v) is 5.51. The molecule has 25 heavy (non-hydrogen) atoms. The number of benzene rings is 2. The van der Waals surface area contributed by atoms with Gasteiger partial charge < -0.3 is 20.9 Å². The molecule has 0 spiro atoms. The fraction of sp³-hybridized carbons (Fsp3) is 0.263. The van der Waals surface area contributed by atoms with Gasteiger partial charge in [0.1, 0.15) is 13.2 Å².